The summed E-state index contributed by atoms with van der Waals surface area (Å²) in [5.74, 6) is 0.453. The Bertz CT molecular complexity index is 391. The molecule has 94 valence electrons. The highest BCUT2D eigenvalue weighted by Crippen LogP contribution is 2.18. The Morgan fingerprint density at radius 2 is 2.29 bits per heavy atom. The molecule has 0 radical (unpaired) electrons. The number of rotatable bonds is 5. The molecule has 0 saturated carbocycles. The van der Waals surface area contributed by atoms with Gasteiger partial charge in [-0.05, 0) is 26.0 Å². The second-order valence-electron chi connectivity index (χ2n) is 4.04. The Labute approximate surface area is 101 Å². The highest BCUT2D eigenvalue weighted by molar-refractivity contribution is 5.77. The summed E-state index contributed by atoms with van der Waals surface area (Å²) < 4.78 is 5.42. The number of likely N-dealkylation sites (N-methyl/N-ethyl adjacent to an activating group) is 1. The Hall–Kier alpha value is -1.62. The summed E-state index contributed by atoms with van der Waals surface area (Å²) in [4.78, 5) is 15.5. The third-order valence-corrected chi connectivity index (χ3v) is 2.22. The minimum atomic E-state index is -0.169. The van der Waals surface area contributed by atoms with E-state index < -0.39 is 0 Å². The van der Waals surface area contributed by atoms with E-state index >= 15 is 0 Å². The molecule has 0 aliphatic rings. The molecule has 0 aliphatic carbocycles. The van der Waals surface area contributed by atoms with Crippen LogP contribution in [0, 0.1) is 6.92 Å². The molecule has 0 fully saturated rings. The van der Waals surface area contributed by atoms with Gasteiger partial charge in [0.15, 0.2) is 6.61 Å². The molecule has 1 atom stereocenters. The number of pyridine rings is 1. The number of hydrogen-bond acceptors (Lipinski definition) is 4. The fraction of sp³-hybridized carbons (Fsp3) is 0.500. The van der Waals surface area contributed by atoms with E-state index in [0.717, 1.165) is 11.4 Å². The van der Waals surface area contributed by atoms with Gasteiger partial charge >= 0.3 is 0 Å². The SMILES string of the molecule is CNC(=O)COc1ccc(C)nc1CC(C)N. The second-order valence-corrected chi connectivity index (χ2v) is 4.04. The van der Waals surface area contributed by atoms with Crippen LogP contribution < -0.4 is 15.8 Å². The number of aryl methyl sites for hydroxylation is 1. The summed E-state index contributed by atoms with van der Waals surface area (Å²) in [6, 6.07) is 3.68. The van der Waals surface area contributed by atoms with Gasteiger partial charge in [-0.2, -0.15) is 0 Å². The third kappa shape index (κ3) is 4.40. The van der Waals surface area contributed by atoms with E-state index in [1.54, 1.807) is 7.05 Å². The molecule has 5 heteroatoms. The maximum atomic E-state index is 11.1. The lowest BCUT2D eigenvalue weighted by atomic mass is 10.1. The van der Waals surface area contributed by atoms with E-state index in [0.29, 0.717) is 12.2 Å². The van der Waals surface area contributed by atoms with Gasteiger partial charge in [-0.25, -0.2) is 0 Å². The molecule has 1 aromatic heterocycles. The van der Waals surface area contributed by atoms with Gasteiger partial charge in [-0.1, -0.05) is 0 Å². The van der Waals surface area contributed by atoms with Crippen molar-refractivity contribution in [3.05, 3.63) is 23.5 Å². The highest BCUT2D eigenvalue weighted by atomic mass is 16.5. The molecule has 0 aromatic carbocycles. The third-order valence-electron chi connectivity index (χ3n) is 2.22. The van der Waals surface area contributed by atoms with Crippen molar-refractivity contribution in [1.29, 1.82) is 0 Å². The van der Waals surface area contributed by atoms with Crippen LogP contribution in [0.5, 0.6) is 5.75 Å². The lowest BCUT2D eigenvalue weighted by Crippen LogP contribution is -2.25. The lowest BCUT2D eigenvalue weighted by molar-refractivity contribution is -0.122. The Morgan fingerprint density at radius 1 is 1.59 bits per heavy atom. The van der Waals surface area contributed by atoms with E-state index in [-0.39, 0.29) is 18.6 Å². The molecule has 1 unspecified atom stereocenters. The maximum absolute atomic E-state index is 11.1. The van der Waals surface area contributed by atoms with Gasteiger partial charge in [0.1, 0.15) is 5.75 Å². The minimum absolute atomic E-state index is 0.00616. The number of carbonyl (C=O) groups excluding carboxylic acids is 1. The van der Waals surface area contributed by atoms with Crippen LogP contribution in [0.15, 0.2) is 12.1 Å². The first-order valence-electron chi connectivity index (χ1n) is 5.58. The standard InChI is InChI=1S/C12H19N3O2/c1-8(13)6-10-11(5-4-9(2)15-10)17-7-12(16)14-3/h4-5,8H,6-7,13H2,1-3H3,(H,14,16). The van der Waals surface area contributed by atoms with E-state index in [9.17, 15) is 4.79 Å². The summed E-state index contributed by atoms with van der Waals surface area (Å²) in [7, 11) is 1.57. The highest BCUT2D eigenvalue weighted by Gasteiger charge is 2.09. The lowest BCUT2D eigenvalue weighted by Gasteiger charge is -2.12. The molecular weight excluding hydrogens is 218 g/mol. The smallest absolute Gasteiger partial charge is 0.257 e. The minimum Gasteiger partial charge on any atom is -0.482 e. The molecule has 3 N–H and O–H groups in total. The number of nitrogens with zero attached hydrogens (tertiary/aromatic N) is 1. The number of ether oxygens (including phenoxy) is 1. The van der Waals surface area contributed by atoms with E-state index in [4.69, 9.17) is 10.5 Å². The van der Waals surface area contributed by atoms with E-state index in [1.165, 1.54) is 0 Å². The van der Waals surface area contributed by atoms with Gasteiger partial charge in [0.25, 0.3) is 5.91 Å². The van der Waals surface area contributed by atoms with Crippen molar-refractivity contribution in [3.8, 4) is 5.75 Å². The molecule has 1 amide bonds. The number of amides is 1. The fourth-order valence-corrected chi connectivity index (χ4v) is 1.40. The summed E-state index contributed by atoms with van der Waals surface area (Å²) >= 11 is 0. The summed E-state index contributed by atoms with van der Waals surface area (Å²) in [6.45, 7) is 3.81. The first-order chi connectivity index (χ1) is 8.02. The van der Waals surface area contributed by atoms with Crippen molar-refractivity contribution >= 4 is 5.91 Å². The first kappa shape index (κ1) is 13.4. The molecule has 0 spiro atoms. The van der Waals surface area contributed by atoms with Crippen LogP contribution in [0.1, 0.15) is 18.3 Å². The van der Waals surface area contributed by atoms with Gasteiger partial charge in [-0.15, -0.1) is 0 Å². The van der Waals surface area contributed by atoms with Crippen LogP contribution in [-0.2, 0) is 11.2 Å². The zero-order valence-corrected chi connectivity index (χ0v) is 10.5. The number of nitrogens with two attached hydrogens (primary N) is 1. The Kier molecular flexibility index (Phi) is 4.90. The maximum Gasteiger partial charge on any atom is 0.257 e. The molecule has 1 heterocycles. The van der Waals surface area contributed by atoms with Crippen molar-refractivity contribution in [2.24, 2.45) is 5.73 Å². The first-order valence-corrected chi connectivity index (χ1v) is 5.58. The van der Waals surface area contributed by atoms with Crippen molar-refractivity contribution in [3.63, 3.8) is 0 Å². The molecule has 0 saturated heterocycles. The monoisotopic (exact) mass is 237 g/mol. The Balaban J connectivity index is 2.78. The molecule has 17 heavy (non-hydrogen) atoms. The summed E-state index contributed by atoms with van der Waals surface area (Å²) in [5.41, 5.74) is 7.46. The van der Waals surface area contributed by atoms with E-state index in [2.05, 4.69) is 10.3 Å². The molecule has 0 aliphatic heterocycles. The summed E-state index contributed by atoms with van der Waals surface area (Å²) in [6.07, 6.45) is 0.630. The van der Waals surface area contributed by atoms with E-state index in [1.807, 2.05) is 26.0 Å². The molecule has 5 nitrogen and oxygen atoms in total. The predicted octanol–water partition coefficient (Wildman–Crippen LogP) is 0.405. The fourth-order valence-electron chi connectivity index (χ4n) is 1.40. The molecular formula is C12H19N3O2. The topological polar surface area (TPSA) is 77.2 Å². The number of nitrogens with one attached hydrogen (secondary N) is 1. The predicted molar refractivity (Wildman–Crippen MR) is 65.9 cm³/mol. The van der Waals surface area contributed by atoms with Crippen molar-refractivity contribution in [2.75, 3.05) is 13.7 Å². The quantitative estimate of drug-likeness (QED) is 0.777. The average molecular weight is 237 g/mol. The summed E-state index contributed by atoms with van der Waals surface area (Å²) in [5, 5.41) is 2.50. The van der Waals surface area contributed by atoms with Gasteiger partial charge < -0.3 is 15.8 Å². The number of carbonyl (C=O) groups is 1. The van der Waals surface area contributed by atoms with Crippen LogP contribution in [0.25, 0.3) is 0 Å². The van der Waals surface area contributed by atoms with Gasteiger partial charge in [0, 0.05) is 25.2 Å². The zero-order valence-electron chi connectivity index (χ0n) is 10.5. The van der Waals surface area contributed by atoms with Crippen LogP contribution in [0.4, 0.5) is 0 Å². The number of hydrogen-bond donors (Lipinski definition) is 2. The zero-order chi connectivity index (χ0) is 12.8. The average Bonchev–Trinajstić information content (AvgIpc) is 2.26. The van der Waals surface area contributed by atoms with Crippen molar-refractivity contribution < 1.29 is 9.53 Å². The second kappa shape index (κ2) is 6.20. The van der Waals surface area contributed by atoms with Crippen LogP contribution in [0.3, 0.4) is 0 Å². The normalized spacial score (nSPS) is 12.0. The molecule has 0 bridgehead atoms. The number of aromatic nitrogens is 1. The van der Waals surface area contributed by atoms with Crippen LogP contribution in [0.2, 0.25) is 0 Å². The molecule has 1 rings (SSSR count). The van der Waals surface area contributed by atoms with Crippen LogP contribution in [-0.4, -0.2) is 30.6 Å². The van der Waals surface area contributed by atoms with Gasteiger partial charge in [0.2, 0.25) is 0 Å². The van der Waals surface area contributed by atoms with Crippen molar-refractivity contribution in [2.45, 2.75) is 26.3 Å². The largest absolute Gasteiger partial charge is 0.482 e. The van der Waals surface area contributed by atoms with Gasteiger partial charge in [-0.3, -0.25) is 9.78 Å². The van der Waals surface area contributed by atoms with Gasteiger partial charge in [0.05, 0.1) is 5.69 Å². The van der Waals surface area contributed by atoms with Crippen molar-refractivity contribution in [1.82, 2.24) is 10.3 Å². The Morgan fingerprint density at radius 3 is 2.88 bits per heavy atom. The molecule has 1 aromatic rings. The van der Waals surface area contributed by atoms with Crippen LogP contribution >= 0.6 is 0 Å².